The molecule has 0 aliphatic rings. The van der Waals surface area contributed by atoms with E-state index in [4.69, 9.17) is 15.2 Å². The van der Waals surface area contributed by atoms with Gasteiger partial charge < -0.3 is 20.5 Å². The molecule has 1 heterocycles. The molecule has 2 aromatic rings. The summed E-state index contributed by atoms with van der Waals surface area (Å²) in [6.45, 7) is 0.334. The number of ether oxygens (including phenoxy) is 2. The van der Waals surface area contributed by atoms with E-state index in [1.807, 2.05) is 6.07 Å². The lowest BCUT2D eigenvalue weighted by atomic mass is 10.2. The number of rotatable bonds is 5. The van der Waals surface area contributed by atoms with Crippen LogP contribution in [0.1, 0.15) is 5.56 Å². The third-order valence-corrected chi connectivity index (χ3v) is 2.70. The average Bonchev–Trinajstić information content (AvgIpc) is 2.48. The molecule has 0 aliphatic heterocycles. The van der Waals surface area contributed by atoms with E-state index < -0.39 is 5.82 Å². The molecule has 0 spiro atoms. The Balaban J connectivity index is 2.16. The number of nitrogens with two attached hydrogens (primary N) is 1. The summed E-state index contributed by atoms with van der Waals surface area (Å²) in [6.07, 6.45) is 1.02. The van der Waals surface area contributed by atoms with Crippen molar-refractivity contribution in [2.45, 2.75) is 6.54 Å². The number of hydrogen-bond acceptors (Lipinski definition) is 6. The fourth-order valence-corrected chi connectivity index (χ4v) is 1.68. The Bertz CT molecular complexity index is 607. The van der Waals surface area contributed by atoms with E-state index in [-0.39, 0.29) is 11.8 Å². The molecule has 0 saturated carbocycles. The van der Waals surface area contributed by atoms with Crippen molar-refractivity contribution >= 4 is 11.8 Å². The Kier molecular flexibility index (Phi) is 4.19. The first-order chi connectivity index (χ1) is 9.63. The topological polar surface area (TPSA) is 82.3 Å². The Morgan fingerprint density at radius 1 is 1.30 bits per heavy atom. The zero-order valence-electron chi connectivity index (χ0n) is 11.2. The van der Waals surface area contributed by atoms with Gasteiger partial charge in [0.1, 0.15) is 11.5 Å². The molecule has 0 saturated heterocycles. The first-order valence-corrected chi connectivity index (χ1v) is 5.87. The van der Waals surface area contributed by atoms with E-state index in [1.54, 1.807) is 26.4 Å². The molecule has 0 unspecified atom stereocenters. The zero-order valence-corrected chi connectivity index (χ0v) is 11.2. The van der Waals surface area contributed by atoms with Crippen molar-refractivity contribution in [1.29, 1.82) is 0 Å². The zero-order chi connectivity index (χ0) is 14.5. The highest BCUT2D eigenvalue weighted by molar-refractivity contribution is 5.45. The lowest BCUT2D eigenvalue weighted by Gasteiger charge is -2.12. The van der Waals surface area contributed by atoms with Gasteiger partial charge in [0.05, 0.1) is 20.4 Å². The van der Waals surface area contributed by atoms with Gasteiger partial charge in [0, 0.05) is 18.2 Å². The number of nitrogen functional groups attached to an aromatic ring is 1. The lowest BCUT2D eigenvalue weighted by Crippen LogP contribution is -2.07. The van der Waals surface area contributed by atoms with Gasteiger partial charge in [0.15, 0.2) is 11.6 Å². The molecule has 106 valence electrons. The van der Waals surface area contributed by atoms with Gasteiger partial charge in [-0.25, -0.2) is 9.37 Å². The number of nitrogens with zero attached hydrogens (tertiary/aromatic N) is 2. The Labute approximate surface area is 115 Å². The first-order valence-electron chi connectivity index (χ1n) is 5.87. The van der Waals surface area contributed by atoms with Crippen molar-refractivity contribution < 1.29 is 13.9 Å². The molecule has 20 heavy (non-hydrogen) atoms. The van der Waals surface area contributed by atoms with Crippen molar-refractivity contribution in [3.05, 3.63) is 35.8 Å². The lowest BCUT2D eigenvalue weighted by molar-refractivity contribution is 0.391. The minimum atomic E-state index is -0.563. The summed E-state index contributed by atoms with van der Waals surface area (Å²) in [6, 6.07) is 5.37. The van der Waals surface area contributed by atoms with E-state index in [9.17, 15) is 4.39 Å². The highest BCUT2D eigenvalue weighted by atomic mass is 19.1. The van der Waals surface area contributed by atoms with Gasteiger partial charge in [-0.2, -0.15) is 4.98 Å². The molecule has 3 N–H and O–H groups in total. The van der Waals surface area contributed by atoms with E-state index in [2.05, 4.69) is 15.3 Å². The van der Waals surface area contributed by atoms with Gasteiger partial charge >= 0.3 is 0 Å². The predicted octanol–water partition coefficient (Wildman–Crippen LogP) is 1.83. The SMILES string of the molecule is COc1ccc(CNc2nc(N)ncc2F)c(OC)c1. The second-order valence-corrected chi connectivity index (χ2v) is 3.96. The summed E-state index contributed by atoms with van der Waals surface area (Å²) in [7, 11) is 3.13. The summed E-state index contributed by atoms with van der Waals surface area (Å²) in [5.74, 6) is 0.819. The van der Waals surface area contributed by atoms with Gasteiger partial charge in [-0.05, 0) is 12.1 Å². The van der Waals surface area contributed by atoms with Gasteiger partial charge in [-0.3, -0.25) is 0 Å². The van der Waals surface area contributed by atoms with Gasteiger partial charge in [-0.1, -0.05) is 0 Å². The van der Waals surface area contributed by atoms with Crippen LogP contribution in [0.25, 0.3) is 0 Å². The minimum Gasteiger partial charge on any atom is -0.497 e. The predicted molar refractivity (Wildman–Crippen MR) is 73.3 cm³/mol. The van der Waals surface area contributed by atoms with E-state index in [0.29, 0.717) is 18.0 Å². The van der Waals surface area contributed by atoms with Crippen molar-refractivity contribution in [2.75, 3.05) is 25.3 Å². The quantitative estimate of drug-likeness (QED) is 0.868. The van der Waals surface area contributed by atoms with Crippen molar-refractivity contribution in [3.63, 3.8) is 0 Å². The number of methoxy groups -OCH3 is 2. The van der Waals surface area contributed by atoms with Crippen LogP contribution in [-0.4, -0.2) is 24.2 Å². The van der Waals surface area contributed by atoms with E-state index in [0.717, 1.165) is 11.8 Å². The number of hydrogen-bond donors (Lipinski definition) is 2. The maximum Gasteiger partial charge on any atom is 0.222 e. The van der Waals surface area contributed by atoms with Crippen LogP contribution < -0.4 is 20.5 Å². The molecule has 0 bridgehead atoms. The van der Waals surface area contributed by atoms with Gasteiger partial charge in [0.2, 0.25) is 5.95 Å². The monoisotopic (exact) mass is 278 g/mol. The molecule has 2 rings (SSSR count). The summed E-state index contributed by atoms with van der Waals surface area (Å²) in [4.78, 5) is 7.35. The third-order valence-electron chi connectivity index (χ3n) is 2.70. The molecular formula is C13H15FN4O2. The molecule has 0 atom stereocenters. The second-order valence-electron chi connectivity index (χ2n) is 3.96. The summed E-state index contributed by atoms with van der Waals surface area (Å²) in [5.41, 5.74) is 6.26. The smallest absolute Gasteiger partial charge is 0.222 e. The van der Waals surface area contributed by atoms with Gasteiger partial charge in [0.25, 0.3) is 0 Å². The Morgan fingerprint density at radius 3 is 2.80 bits per heavy atom. The number of anilines is 2. The van der Waals surface area contributed by atoms with Crippen LogP contribution in [0.5, 0.6) is 11.5 Å². The van der Waals surface area contributed by atoms with Crippen LogP contribution in [0.3, 0.4) is 0 Å². The molecule has 0 aliphatic carbocycles. The molecule has 7 heteroatoms. The number of benzene rings is 1. The van der Waals surface area contributed by atoms with Crippen LogP contribution >= 0.6 is 0 Å². The molecule has 0 amide bonds. The fraction of sp³-hybridized carbons (Fsp3) is 0.231. The van der Waals surface area contributed by atoms with Crippen molar-refractivity contribution in [1.82, 2.24) is 9.97 Å². The number of halogens is 1. The van der Waals surface area contributed by atoms with E-state index >= 15 is 0 Å². The van der Waals surface area contributed by atoms with Crippen molar-refractivity contribution in [2.24, 2.45) is 0 Å². The molecule has 1 aromatic heterocycles. The molecule has 6 nitrogen and oxygen atoms in total. The second kappa shape index (κ2) is 6.05. The van der Waals surface area contributed by atoms with Gasteiger partial charge in [-0.15, -0.1) is 0 Å². The summed E-state index contributed by atoms with van der Waals surface area (Å²) < 4.78 is 23.8. The molecule has 0 radical (unpaired) electrons. The van der Waals surface area contributed by atoms with Crippen LogP contribution in [-0.2, 0) is 6.54 Å². The maximum atomic E-state index is 13.5. The van der Waals surface area contributed by atoms with Crippen LogP contribution in [0.2, 0.25) is 0 Å². The Morgan fingerprint density at radius 2 is 2.10 bits per heavy atom. The fourth-order valence-electron chi connectivity index (χ4n) is 1.68. The van der Waals surface area contributed by atoms with Crippen molar-refractivity contribution in [3.8, 4) is 11.5 Å². The molecule has 0 fully saturated rings. The standard InChI is InChI=1S/C13H15FN4O2/c1-19-9-4-3-8(11(5-9)20-2)6-16-12-10(14)7-17-13(15)18-12/h3-5,7H,6H2,1-2H3,(H3,15,16,17,18). The first kappa shape index (κ1) is 13.9. The normalized spacial score (nSPS) is 10.2. The highest BCUT2D eigenvalue weighted by Crippen LogP contribution is 2.25. The van der Waals surface area contributed by atoms with Crippen LogP contribution in [0.15, 0.2) is 24.4 Å². The van der Waals surface area contributed by atoms with E-state index in [1.165, 1.54) is 0 Å². The summed E-state index contributed by atoms with van der Waals surface area (Å²) >= 11 is 0. The number of aromatic nitrogens is 2. The minimum absolute atomic E-state index is 0.00981. The summed E-state index contributed by atoms with van der Waals surface area (Å²) in [5, 5.41) is 2.86. The molecular weight excluding hydrogens is 263 g/mol. The maximum absolute atomic E-state index is 13.5. The Hall–Kier alpha value is -2.57. The largest absolute Gasteiger partial charge is 0.497 e. The number of nitrogens with one attached hydrogen (secondary N) is 1. The molecule has 1 aromatic carbocycles. The average molecular weight is 278 g/mol. The van der Waals surface area contributed by atoms with Crippen LogP contribution in [0.4, 0.5) is 16.2 Å². The third kappa shape index (κ3) is 3.05. The highest BCUT2D eigenvalue weighted by Gasteiger charge is 2.08. The van der Waals surface area contributed by atoms with Crippen LogP contribution in [0, 0.1) is 5.82 Å².